The summed E-state index contributed by atoms with van der Waals surface area (Å²) in [7, 11) is 0. The number of aryl methyl sites for hydroxylation is 2. The third-order valence-corrected chi connectivity index (χ3v) is 4.76. The van der Waals surface area contributed by atoms with Crippen LogP contribution >= 0.6 is 11.8 Å². The molecule has 4 nitrogen and oxygen atoms in total. The Hall–Kier alpha value is -2.40. The number of benzene rings is 2. The molecular formula is C19H19N3OS. The van der Waals surface area contributed by atoms with Crippen LogP contribution in [0, 0.1) is 13.8 Å². The molecule has 0 atom stereocenters. The molecule has 1 amide bonds. The van der Waals surface area contributed by atoms with Crippen LogP contribution in [0.1, 0.15) is 22.3 Å². The van der Waals surface area contributed by atoms with Crippen LogP contribution in [0.3, 0.4) is 0 Å². The SMILES string of the molecule is Cc1ccc(/C=N/N=C2/SCC(=O)N2Cc2ccccc2)c(C)c1. The molecule has 0 aliphatic carbocycles. The second-order valence-electron chi connectivity index (χ2n) is 5.74. The lowest BCUT2D eigenvalue weighted by Gasteiger charge is -2.14. The van der Waals surface area contributed by atoms with Crippen LogP contribution in [0.4, 0.5) is 0 Å². The van der Waals surface area contributed by atoms with Crippen LogP contribution in [0.5, 0.6) is 0 Å². The smallest absolute Gasteiger partial charge is 0.239 e. The maximum Gasteiger partial charge on any atom is 0.239 e. The Morgan fingerprint density at radius 3 is 2.71 bits per heavy atom. The minimum absolute atomic E-state index is 0.0734. The zero-order chi connectivity index (χ0) is 16.9. The van der Waals surface area contributed by atoms with Crippen molar-refractivity contribution in [2.45, 2.75) is 20.4 Å². The van der Waals surface area contributed by atoms with Gasteiger partial charge in [0.25, 0.3) is 0 Å². The van der Waals surface area contributed by atoms with Crippen LogP contribution in [-0.4, -0.2) is 27.9 Å². The molecule has 1 heterocycles. The van der Waals surface area contributed by atoms with Gasteiger partial charge in [0, 0.05) is 0 Å². The summed E-state index contributed by atoms with van der Waals surface area (Å²) < 4.78 is 0. The van der Waals surface area contributed by atoms with E-state index in [1.54, 1.807) is 11.1 Å². The molecule has 2 aromatic carbocycles. The van der Waals surface area contributed by atoms with Crippen LogP contribution in [0.15, 0.2) is 58.7 Å². The van der Waals surface area contributed by atoms with Gasteiger partial charge < -0.3 is 0 Å². The summed E-state index contributed by atoms with van der Waals surface area (Å²) in [6.45, 7) is 4.65. The maximum atomic E-state index is 12.1. The first-order valence-electron chi connectivity index (χ1n) is 7.79. The first kappa shape index (κ1) is 16.5. The van der Waals surface area contributed by atoms with Crippen molar-refractivity contribution in [3.63, 3.8) is 0 Å². The van der Waals surface area contributed by atoms with E-state index < -0.39 is 0 Å². The molecular weight excluding hydrogens is 318 g/mol. The van der Waals surface area contributed by atoms with E-state index in [4.69, 9.17) is 0 Å². The molecule has 0 bridgehead atoms. The van der Waals surface area contributed by atoms with Gasteiger partial charge in [0.1, 0.15) is 0 Å². The molecule has 5 heteroatoms. The first-order valence-corrected chi connectivity index (χ1v) is 8.77. The summed E-state index contributed by atoms with van der Waals surface area (Å²) in [6, 6.07) is 16.1. The largest absolute Gasteiger partial charge is 0.285 e. The van der Waals surface area contributed by atoms with E-state index in [9.17, 15) is 4.79 Å². The predicted octanol–water partition coefficient (Wildman–Crippen LogP) is 3.77. The lowest BCUT2D eigenvalue weighted by atomic mass is 10.1. The number of amidine groups is 1. The number of rotatable bonds is 4. The summed E-state index contributed by atoms with van der Waals surface area (Å²) in [4.78, 5) is 13.8. The van der Waals surface area contributed by atoms with Crippen molar-refractivity contribution in [3.8, 4) is 0 Å². The van der Waals surface area contributed by atoms with Gasteiger partial charge in [-0.2, -0.15) is 5.10 Å². The van der Waals surface area contributed by atoms with Crippen molar-refractivity contribution in [2.24, 2.45) is 10.2 Å². The van der Waals surface area contributed by atoms with Gasteiger partial charge >= 0.3 is 0 Å². The molecule has 0 aromatic heterocycles. The Balaban J connectivity index is 1.75. The molecule has 1 aliphatic rings. The summed E-state index contributed by atoms with van der Waals surface area (Å²) in [5, 5.41) is 9.11. The standard InChI is InChI=1S/C19H19N3OS/c1-14-8-9-17(15(2)10-14)11-20-21-19-22(18(23)13-24-19)12-16-6-4-3-5-7-16/h3-11H,12-13H2,1-2H3/b20-11+,21-19+. The van der Waals surface area contributed by atoms with E-state index in [0.29, 0.717) is 17.5 Å². The van der Waals surface area contributed by atoms with Crippen molar-refractivity contribution < 1.29 is 4.79 Å². The van der Waals surface area contributed by atoms with Crippen LogP contribution < -0.4 is 0 Å². The zero-order valence-corrected chi connectivity index (χ0v) is 14.6. The van der Waals surface area contributed by atoms with Crippen LogP contribution in [0.2, 0.25) is 0 Å². The summed E-state index contributed by atoms with van der Waals surface area (Å²) in [5.74, 6) is 0.495. The topological polar surface area (TPSA) is 45.0 Å². The number of hydrogen-bond donors (Lipinski definition) is 0. The quantitative estimate of drug-likeness (QED) is 0.630. The zero-order valence-electron chi connectivity index (χ0n) is 13.8. The number of thioether (sulfide) groups is 1. The van der Waals surface area contributed by atoms with Crippen molar-refractivity contribution in [3.05, 3.63) is 70.8 Å². The van der Waals surface area contributed by atoms with Gasteiger partial charge in [0.15, 0.2) is 5.17 Å². The highest BCUT2D eigenvalue weighted by molar-refractivity contribution is 8.15. The molecule has 0 unspecified atom stereocenters. The van der Waals surface area contributed by atoms with Crippen LogP contribution in [0.25, 0.3) is 0 Å². The molecule has 0 spiro atoms. The number of nitrogens with zero attached hydrogens (tertiary/aromatic N) is 3. The summed E-state index contributed by atoms with van der Waals surface area (Å²) in [6.07, 6.45) is 1.74. The Kier molecular flexibility index (Phi) is 5.11. The number of amides is 1. The van der Waals surface area contributed by atoms with E-state index in [0.717, 1.165) is 16.7 Å². The average Bonchev–Trinajstić information content (AvgIpc) is 2.91. The van der Waals surface area contributed by atoms with E-state index in [1.807, 2.05) is 36.4 Å². The van der Waals surface area contributed by atoms with Crippen molar-refractivity contribution in [2.75, 3.05) is 5.75 Å². The van der Waals surface area contributed by atoms with Gasteiger partial charge in [0.2, 0.25) is 5.91 Å². The molecule has 1 saturated heterocycles. The number of carbonyl (C=O) groups excluding carboxylic acids is 1. The first-order chi connectivity index (χ1) is 11.6. The van der Waals surface area contributed by atoms with E-state index in [2.05, 4.69) is 36.2 Å². The fraction of sp³-hybridized carbons (Fsp3) is 0.211. The lowest BCUT2D eigenvalue weighted by molar-refractivity contribution is -0.124. The van der Waals surface area contributed by atoms with Gasteiger partial charge in [-0.25, -0.2) is 0 Å². The lowest BCUT2D eigenvalue weighted by Crippen LogP contribution is -2.28. The van der Waals surface area contributed by atoms with Crippen molar-refractivity contribution in [1.29, 1.82) is 0 Å². The van der Waals surface area contributed by atoms with E-state index in [-0.39, 0.29) is 5.91 Å². The normalized spacial score (nSPS) is 16.5. The van der Waals surface area contributed by atoms with Gasteiger partial charge in [0.05, 0.1) is 18.5 Å². The molecule has 0 radical (unpaired) electrons. The van der Waals surface area contributed by atoms with Gasteiger partial charge in [-0.1, -0.05) is 65.9 Å². The third kappa shape index (κ3) is 3.92. The monoisotopic (exact) mass is 337 g/mol. The van der Waals surface area contributed by atoms with E-state index >= 15 is 0 Å². The molecule has 1 fully saturated rings. The Labute approximate surface area is 146 Å². The maximum absolute atomic E-state index is 12.1. The fourth-order valence-corrected chi connectivity index (χ4v) is 3.34. The highest BCUT2D eigenvalue weighted by atomic mass is 32.2. The highest BCUT2D eigenvalue weighted by Gasteiger charge is 2.28. The van der Waals surface area contributed by atoms with Crippen molar-refractivity contribution in [1.82, 2.24) is 4.90 Å². The minimum Gasteiger partial charge on any atom is -0.285 e. The van der Waals surface area contributed by atoms with Crippen LogP contribution in [-0.2, 0) is 11.3 Å². The van der Waals surface area contributed by atoms with Gasteiger partial charge in [-0.15, -0.1) is 5.10 Å². The molecule has 1 aliphatic heterocycles. The average molecular weight is 337 g/mol. The molecule has 3 rings (SSSR count). The second kappa shape index (κ2) is 7.45. The molecule has 122 valence electrons. The Morgan fingerprint density at radius 2 is 1.96 bits per heavy atom. The van der Waals surface area contributed by atoms with Gasteiger partial charge in [-0.3, -0.25) is 9.69 Å². The Bertz CT molecular complexity index is 800. The van der Waals surface area contributed by atoms with E-state index in [1.165, 1.54) is 17.3 Å². The predicted molar refractivity (Wildman–Crippen MR) is 100 cm³/mol. The summed E-state index contributed by atoms with van der Waals surface area (Å²) in [5.41, 5.74) is 4.51. The Morgan fingerprint density at radius 1 is 1.17 bits per heavy atom. The fourth-order valence-electron chi connectivity index (χ4n) is 2.50. The molecule has 0 saturated carbocycles. The molecule has 24 heavy (non-hydrogen) atoms. The minimum atomic E-state index is 0.0734. The third-order valence-electron chi connectivity index (χ3n) is 3.81. The number of carbonyl (C=O) groups is 1. The highest BCUT2D eigenvalue weighted by Crippen LogP contribution is 2.22. The second-order valence-corrected chi connectivity index (χ2v) is 6.68. The van der Waals surface area contributed by atoms with Crippen molar-refractivity contribution >= 4 is 29.1 Å². The molecule has 0 N–H and O–H groups in total. The number of hydrogen-bond acceptors (Lipinski definition) is 4. The summed E-state index contributed by atoms with van der Waals surface area (Å²) >= 11 is 1.43. The van der Waals surface area contributed by atoms with Gasteiger partial charge in [-0.05, 0) is 30.5 Å². The molecule has 2 aromatic rings.